The van der Waals surface area contributed by atoms with Crippen molar-refractivity contribution in [2.24, 2.45) is 0 Å². The van der Waals surface area contributed by atoms with Gasteiger partial charge < -0.3 is 25.8 Å². The molecule has 0 radical (unpaired) electrons. The Morgan fingerprint density at radius 3 is 2.78 bits per heavy atom. The number of hydrogen-bond donors (Lipinski definition) is 3. The van der Waals surface area contributed by atoms with Crippen molar-refractivity contribution in [3.63, 3.8) is 0 Å². The molecule has 5 rings (SSSR count). The van der Waals surface area contributed by atoms with Gasteiger partial charge in [0.25, 0.3) is 0 Å². The van der Waals surface area contributed by atoms with Gasteiger partial charge in [-0.3, -0.25) is 0 Å². The molecule has 2 aromatic heterocycles. The minimum atomic E-state index is -0.935. The topological polar surface area (TPSA) is 126 Å². The first kappa shape index (κ1) is 23.3. The normalized spacial score (nSPS) is 15.6. The summed E-state index contributed by atoms with van der Waals surface area (Å²) in [4.78, 5) is 26.1. The zero-order chi connectivity index (χ0) is 25.2. The van der Waals surface area contributed by atoms with Crippen LogP contribution in [-0.2, 0) is 0 Å². The standard InChI is InChI=1S/C26H25FN6O3/c1-15-21(27)22(28)17-7-2-3-8-18(17)23(15)36-24-19(9-4-11-29-24)20-10-12-30-25(32-20)31-16-6-5-13-33(14-16)26(34)35/h2-4,7-12,16H,5-6,13-14,28H2,1H3,(H,34,35)(H,30,31,32)/t16-/m0/s1. The highest BCUT2D eigenvalue weighted by Crippen LogP contribution is 2.40. The highest BCUT2D eigenvalue weighted by Gasteiger charge is 2.24. The van der Waals surface area contributed by atoms with E-state index < -0.39 is 11.9 Å². The number of anilines is 2. The number of hydrogen-bond acceptors (Lipinski definition) is 7. The van der Waals surface area contributed by atoms with Crippen LogP contribution in [0.15, 0.2) is 54.9 Å². The van der Waals surface area contributed by atoms with Crippen molar-refractivity contribution in [2.45, 2.75) is 25.8 Å². The molecule has 184 valence electrons. The summed E-state index contributed by atoms with van der Waals surface area (Å²) in [6, 6.07) is 12.4. The molecule has 4 N–H and O–H groups in total. The van der Waals surface area contributed by atoms with E-state index >= 15 is 0 Å². The third-order valence-corrected chi connectivity index (χ3v) is 6.29. The summed E-state index contributed by atoms with van der Waals surface area (Å²) in [7, 11) is 0. The lowest BCUT2D eigenvalue weighted by atomic mass is 10.0. The summed E-state index contributed by atoms with van der Waals surface area (Å²) in [5.74, 6) is 0.437. The van der Waals surface area contributed by atoms with Gasteiger partial charge in [0.1, 0.15) is 5.75 Å². The number of benzene rings is 2. The van der Waals surface area contributed by atoms with Crippen LogP contribution in [-0.4, -0.2) is 50.2 Å². The zero-order valence-electron chi connectivity index (χ0n) is 19.6. The van der Waals surface area contributed by atoms with E-state index in [2.05, 4.69) is 20.3 Å². The van der Waals surface area contributed by atoms with Crippen LogP contribution in [0.2, 0.25) is 0 Å². The van der Waals surface area contributed by atoms with Gasteiger partial charge >= 0.3 is 6.09 Å². The molecule has 1 amide bonds. The Bertz CT molecular complexity index is 1450. The average Bonchev–Trinajstić information content (AvgIpc) is 2.90. The monoisotopic (exact) mass is 488 g/mol. The number of carboxylic acid groups (broad SMARTS) is 1. The fourth-order valence-corrected chi connectivity index (χ4v) is 4.46. The van der Waals surface area contributed by atoms with Gasteiger partial charge in [-0.15, -0.1) is 0 Å². The lowest BCUT2D eigenvalue weighted by Gasteiger charge is -2.31. The van der Waals surface area contributed by atoms with Gasteiger partial charge in [-0.25, -0.2) is 24.1 Å². The van der Waals surface area contributed by atoms with Crippen LogP contribution in [0.4, 0.5) is 20.8 Å². The summed E-state index contributed by atoms with van der Waals surface area (Å²) < 4.78 is 21.1. The van der Waals surface area contributed by atoms with Gasteiger partial charge in [0, 0.05) is 47.9 Å². The first-order valence-electron chi connectivity index (χ1n) is 11.6. The second-order valence-electron chi connectivity index (χ2n) is 8.66. The summed E-state index contributed by atoms with van der Waals surface area (Å²) in [6.45, 7) is 2.50. The zero-order valence-corrected chi connectivity index (χ0v) is 19.6. The SMILES string of the molecule is Cc1c(F)c(N)c2ccccc2c1Oc1ncccc1-c1ccnc(N[C@H]2CCCN(C(=O)O)C2)n1. The number of ether oxygens (including phenoxy) is 1. The minimum absolute atomic E-state index is 0.0763. The van der Waals surface area contributed by atoms with E-state index in [0.717, 1.165) is 12.8 Å². The van der Waals surface area contributed by atoms with Gasteiger partial charge in [-0.05, 0) is 38.0 Å². The number of nitrogens with zero attached hydrogens (tertiary/aromatic N) is 4. The molecule has 36 heavy (non-hydrogen) atoms. The van der Waals surface area contributed by atoms with Gasteiger partial charge in [0.15, 0.2) is 5.82 Å². The maximum Gasteiger partial charge on any atom is 0.407 e. The number of nitrogens with one attached hydrogen (secondary N) is 1. The van der Waals surface area contributed by atoms with Gasteiger partial charge in [0.05, 0.1) is 16.9 Å². The van der Waals surface area contributed by atoms with E-state index in [0.29, 0.717) is 46.8 Å². The fourth-order valence-electron chi connectivity index (χ4n) is 4.46. The first-order chi connectivity index (χ1) is 17.4. The summed E-state index contributed by atoms with van der Waals surface area (Å²) in [5.41, 5.74) is 7.53. The number of fused-ring (bicyclic) bond motifs is 1. The molecule has 0 spiro atoms. The van der Waals surface area contributed by atoms with Crippen molar-refractivity contribution in [2.75, 3.05) is 24.1 Å². The summed E-state index contributed by atoms with van der Waals surface area (Å²) in [6.07, 6.45) is 3.84. The highest BCUT2D eigenvalue weighted by atomic mass is 19.1. The van der Waals surface area contributed by atoms with Crippen molar-refractivity contribution in [1.29, 1.82) is 0 Å². The molecule has 4 aromatic rings. The lowest BCUT2D eigenvalue weighted by Crippen LogP contribution is -2.44. The largest absolute Gasteiger partial charge is 0.465 e. The molecule has 0 aliphatic carbocycles. The predicted molar refractivity (Wildman–Crippen MR) is 135 cm³/mol. The lowest BCUT2D eigenvalue weighted by molar-refractivity contribution is 0.132. The van der Waals surface area contributed by atoms with Crippen LogP contribution < -0.4 is 15.8 Å². The number of likely N-dealkylation sites (tertiary alicyclic amines) is 1. The molecule has 0 saturated carbocycles. The van der Waals surface area contributed by atoms with E-state index in [1.807, 2.05) is 18.2 Å². The van der Waals surface area contributed by atoms with Crippen LogP contribution in [0.3, 0.4) is 0 Å². The van der Waals surface area contributed by atoms with Crippen molar-refractivity contribution in [1.82, 2.24) is 19.9 Å². The second kappa shape index (κ2) is 9.65. The Morgan fingerprint density at radius 2 is 1.97 bits per heavy atom. The van der Waals surface area contributed by atoms with E-state index in [-0.39, 0.29) is 23.2 Å². The smallest absolute Gasteiger partial charge is 0.407 e. The molecular formula is C26H25FN6O3. The Hall–Kier alpha value is -4.47. The third kappa shape index (κ3) is 4.45. The number of pyridine rings is 1. The number of nitrogen functional groups attached to an aromatic ring is 1. The van der Waals surface area contributed by atoms with E-state index in [1.165, 1.54) is 4.90 Å². The molecule has 9 nitrogen and oxygen atoms in total. The Morgan fingerprint density at radius 1 is 1.17 bits per heavy atom. The van der Waals surface area contributed by atoms with Crippen LogP contribution in [0.1, 0.15) is 18.4 Å². The third-order valence-electron chi connectivity index (χ3n) is 6.29. The molecule has 2 aromatic carbocycles. The van der Waals surface area contributed by atoms with Crippen LogP contribution in [0.25, 0.3) is 22.0 Å². The van der Waals surface area contributed by atoms with Crippen molar-refractivity contribution in [3.05, 3.63) is 66.2 Å². The number of amides is 1. The van der Waals surface area contributed by atoms with E-state index in [4.69, 9.17) is 10.5 Å². The maximum atomic E-state index is 14.9. The van der Waals surface area contributed by atoms with Crippen molar-refractivity contribution < 1.29 is 19.0 Å². The average molecular weight is 489 g/mol. The summed E-state index contributed by atoms with van der Waals surface area (Å²) in [5, 5.41) is 13.8. The maximum absolute atomic E-state index is 14.9. The minimum Gasteiger partial charge on any atom is -0.465 e. The number of carbonyl (C=O) groups is 1. The van der Waals surface area contributed by atoms with Crippen molar-refractivity contribution in [3.8, 4) is 22.9 Å². The number of aromatic nitrogens is 3. The number of rotatable bonds is 5. The van der Waals surface area contributed by atoms with Crippen LogP contribution in [0, 0.1) is 12.7 Å². The molecule has 1 fully saturated rings. The fraction of sp³-hybridized carbons (Fsp3) is 0.231. The summed E-state index contributed by atoms with van der Waals surface area (Å²) >= 11 is 0. The van der Waals surface area contributed by atoms with Gasteiger partial charge in [-0.1, -0.05) is 24.3 Å². The van der Waals surface area contributed by atoms with Crippen LogP contribution >= 0.6 is 0 Å². The Balaban J connectivity index is 1.47. The molecule has 0 bridgehead atoms. The van der Waals surface area contributed by atoms with E-state index in [9.17, 15) is 14.3 Å². The molecule has 1 atom stereocenters. The van der Waals surface area contributed by atoms with Crippen molar-refractivity contribution >= 4 is 28.5 Å². The van der Waals surface area contributed by atoms with Gasteiger partial charge in [0.2, 0.25) is 11.8 Å². The first-order valence-corrected chi connectivity index (χ1v) is 11.6. The second-order valence-corrected chi connectivity index (χ2v) is 8.66. The molecule has 1 aliphatic heterocycles. The molecule has 1 aliphatic rings. The molecule has 10 heteroatoms. The molecule has 0 unspecified atom stereocenters. The van der Waals surface area contributed by atoms with E-state index in [1.54, 1.807) is 43.6 Å². The van der Waals surface area contributed by atoms with Gasteiger partial charge in [-0.2, -0.15) is 0 Å². The molecule has 1 saturated heterocycles. The van der Waals surface area contributed by atoms with Crippen LogP contribution in [0.5, 0.6) is 11.6 Å². The molecule has 3 heterocycles. The number of halogens is 1. The Labute approximate surface area is 206 Å². The Kier molecular flexibility index (Phi) is 6.24. The molecular weight excluding hydrogens is 463 g/mol. The predicted octanol–water partition coefficient (Wildman–Crippen LogP) is 5.07. The number of nitrogens with two attached hydrogens (primary N) is 1. The highest BCUT2D eigenvalue weighted by molar-refractivity contribution is 5.98. The quantitative estimate of drug-likeness (QED) is 0.333. The number of piperidine rings is 1.